The van der Waals surface area contributed by atoms with Crippen molar-refractivity contribution in [3.63, 3.8) is 0 Å². The Morgan fingerprint density at radius 2 is 1.64 bits per heavy atom. The number of ether oxygens (including phenoxy) is 1. The molecule has 0 aromatic heterocycles. The molecule has 0 bridgehead atoms. The molecule has 1 aromatic carbocycles. The molecule has 0 spiro atoms. The molecule has 28 heavy (non-hydrogen) atoms. The molecule has 0 saturated carbocycles. The molecule has 0 radical (unpaired) electrons. The molecule has 7 heteroatoms. The number of amides is 1. The van der Waals surface area contributed by atoms with Crippen molar-refractivity contribution >= 4 is 16.0 Å². The van der Waals surface area contributed by atoms with Crippen molar-refractivity contribution < 1.29 is 22.1 Å². The first kappa shape index (κ1) is 24.4. The van der Waals surface area contributed by atoms with Crippen LogP contribution in [0.15, 0.2) is 24.3 Å². The Kier molecular flexibility index (Phi) is 11.8. The van der Waals surface area contributed by atoms with E-state index in [9.17, 15) is 13.2 Å². The highest BCUT2D eigenvalue weighted by molar-refractivity contribution is 7.86. The van der Waals surface area contributed by atoms with Gasteiger partial charge in [-0.15, -0.1) is 0 Å². The van der Waals surface area contributed by atoms with E-state index in [2.05, 4.69) is 6.92 Å². The highest BCUT2D eigenvalue weighted by atomic mass is 32.2. The van der Waals surface area contributed by atoms with Gasteiger partial charge in [-0.2, -0.15) is 8.42 Å². The summed E-state index contributed by atoms with van der Waals surface area (Å²) in [6.45, 7) is 3.95. The molecule has 0 saturated heterocycles. The second-order valence-corrected chi connectivity index (χ2v) is 8.69. The van der Waals surface area contributed by atoms with Crippen LogP contribution < -0.4 is 4.18 Å². The molecule has 160 valence electrons. The van der Waals surface area contributed by atoms with Gasteiger partial charge in [-0.25, -0.2) is 0 Å². The lowest BCUT2D eigenvalue weighted by Gasteiger charge is -2.23. The molecular formula is C21H35NO5S. The molecule has 1 amide bonds. The molecule has 6 nitrogen and oxygen atoms in total. The minimum atomic E-state index is -3.54. The third-order valence-corrected chi connectivity index (χ3v) is 4.91. The quantitative estimate of drug-likeness (QED) is 0.319. The van der Waals surface area contributed by atoms with Gasteiger partial charge in [-0.1, -0.05) is 51.2 Å². The van der Waals surface area contributed by atoms with Crippen molar-refractivity contribution in [2.75, 3.05) is 26.5 Å². The third kappa shape index (κ3) is 11.3. The van der Waals surface area contributed by atoms with Gasteiger partial charge >= 0.3 is 10.1 Å². The van der Waals surface area contributed by atoms with E-state index < -0.39 is 10.1 Å². The van der Waals surface area contributed by atoms with Gasteiger partial charge in [0.25, 0.3) is 0 Å². The second kappa shape index (κ2) is 13.6. The Hall–Kier alpha value is -1.60. The van der Waals surface area contributed by atoms with Crippen LogP contribution >= 0.6 is 0 Å². The summed E-state index contributed by atoms with van der Waals surface area (Å²) in [5, 5.41) is 0. The van der Waals surface area contributed by atoms with E-state index in [1.807, 2.05) is 4.90 Å². The summed E-state index contributed by atoms with van der Waals surface area (Å²) in [5.41, 5.74) is 0.939. The Bertz CT molecular complexity index is 658. The third-order valence-electron chi connectivity index (χ3n) is 4.42. The van der Waals surface area contributed by atoms with E-state index in [0.717, 1.165) is 31.1 Å². The summed E-state index contributed by atoms with van der Waals surface area (Å²) < 4.78 is 32.4. The number of benzene rings is 1. The highest BCUT2D eigenvalue weighted by Gasteiger charge is 2.14. The molecule has 0 N–H and O–H groups in total. The van der Waals surface area contributed by atoms with Crippen molar-refractivity contribution in [3.8, 4) is 5.75 Å². The molecule has 1 aromatic rings. The number of hydrogen-bond acceptors (Lipinski definition) is 5. The van der Waals surface area contributed by atoms with Gasteiger partial charge in [0, 0.05) is 33.2 Å². The first-order valence-electron chi connectivity index (χ1n) is 10.1. The molecule has 0 atom stereocenters. The fourth-order valence-corrected chi connectivity index (χ4v) is 3.41. The van der Waals surface area contributed by atoms with E-state index in [0.29, 0.717) is 26.1 Å². The molecular weight excluding hydrogens is 378 g/mol. The van der Waals surface area contributed by atoms with Crippen molar-refractivity contribution in [3.05, 3.63) is 29.8 Å². The highest BCUT2D eigenvalue weighted by Crippen LogP contribution is 2.16. The maximum absolute atomic E-state index is 12.7. The summed E-state index contributed by atoms with van der Waals surface area (Å²) in [6, 6.07) is 6.81. The van der Waals surface area contributed by atoms with Crippen molar-refractivity contribution in [1.29, 1.82) is 0 Å². The van der Waals surface area contributed by atoms with Crippen molar-refractivity contribution in [1.82, 2.24) is 4.90 Å². The zero-order valence-electron chi connectivity index (χ0n) is 17.5. The monoisotopic (exact) mass is 413 g/mol. The zero-order chi connectivity index (χ0) is 20.8. The predicted molar refractivity (Wildman–Crippen MR) is 112 cm³/mol. The summed E-state index contributed by atoms with van der Waals surface area (Å²) in [5.74, 6) is 0.429. The van der Waals surface area contributed by atoms with Gasteiger partial charge in [0.15, 0.2) is 0 Å². The average molecular weight is 414 g/mol. The number of unbranched alkanes of at least 4 members (excludes halogenated alkanes) is 5. The van der Waals surface area contributed by atoms with Crippen molar-refractivity contribution in [2.24, 2.45) is 0 Å². The molecule has 0 aliphatic rings. The van der Waals surface area contributed by atoms with E-state index in [1.165, 1.54) is 25.7 Å². The van der Waals surface area contributed by atoms with E-state index in [-0.39, 0.29) is 11.7 Å². The van der Waals surface area contributed by atoms with Crippen LogP contribution in [0, 0.1) is 0 Å². The first-order valence-corrected chi connectivity index (χ1v) is 11.9. The number of methoxy groups -OCH3 is 1. The normalized spacial score (nSPS) is 11.4. The van der Waals surface area contributed by atoms with Gasteiger partial charge < -0.3 is 13.8 Å². The molecule has 0 aliphatic heterocycles. The van der Waals surface area contributed by atoms with E-state index >= 15 is 0 Å². The summed E-state index contributed by atoms with van der Waals surface area (Å²) in [6.07, 6.45) is 9.29. The lowest BCUT2D eigenvalue weighted by Crippen LogP contribution is -2.31. The van der Waals surface area contributed by atoms with Crippen LogP contribution in [0.5, 0.6) is 5.75 Å². The van der Waals surface area contributed by atoms with Gasteiger partial charge in [-0.05, 0) is 30.5 Å². The van der Waals surface area contributed by atoms with Crippen molar-refractivity contribution in [2.45, 2.75) is 64.8 Å². The standard InChI is InChI=1S/C21H35NO5S/c1-4-5-6-7-8-9-11-21(23)22(16-10-17-26-2)18-19-12-14-20(15-13-19)27-28(3,24)25/h12-15H,4-11,16-18H2,1-3H3. The zero-order valence-corrected chi connectivity index (χ0v) is 18.3. The minimum Gasteiger partial charge on any atom is -0.385 e. The predicted octanol–water partition coefficient (Wildman–Crippen LogP) is 4.14. The largest absolute Gasteiger partial charge is 0.385 e. The molecule has 0 heterocycles. The topological polar surface area (TPSA) is 72.9 Å². The maximum atomic E-state index is 12.7. The fourth-order valence-electron chi connectivity index (χ4n) is 2.95. The van der Waals surface area contributed by atoms with Gasteiger partial charge in [0.1, 0.15) is 5.75 Å². The number of nitrogens with zero attached hydrogens (tertiary/aromatic N) is 1. The number of rotatable bonds is 15. The number of carbonyl (C=O) groups excluding carboxylic acids is 1. The van der Waals surface area contributed by atoms with Gasteiger partial charge in [-0.3, -0.25) is 4.79 Å². The Labute approximate surface area is 170 Å². The van der Waals surface area contributed by atoms with Crippen LogP contribution in [0.25, 0.3) is 0 Å². The van der Waals surface area contributed by atoms with E-state index in [4.69, 9.17) is 8.92 Å². The average Bonchev–Trinajstić information content (AvgIpc) is 2.64. The summed E-state index contributed by atoms with van der Waals surface area (Å²) in [7, 11) is -1.88. The van der Waals surface area contributed by atoms with Crippen LogP contribution in [0.1, 0.15) is 63.9 Å². The second-order valence-electron chi connectivity index (χ2n) is 7.11. The molecule has 0 unspecified atom stereocenters. The minimum absolute atomic E-state index is 0.156. The molecule has 1 rings (SSSR count). The molecule has 0 aliphatic carbocycles. The van der Waals surface area contributed by atoms with Crippen LogP contribution in [-0.4, -0.2) is 45.7 Å². The first-order chi connectivity index (χ1) is 13.4. The number of hydrogen-bond donors (Lipinski definition) is 0. The van der Waals surface area contributed by atoms with Gasteiger partial charge in [0.05, 0.1) is 6.26 Å². The summed E-state index contributed by atoms with van der Waals surface area (Å²) in [4.78, 5) is 14.5. The Balaban J connectivity index is 2.59. The van der Waals surface area contributed by atoms with Crippen LogP contribution in [0.2, 0.25) is 0 Å². The summed E-state index contributed by atoms with van der Waals surface area (Å²) >= 11 is 0. The SMILES string of the molecule is CCCCCCCCC(=O)N(CCCOC)Cc1ccc(OS(C)(=O)=O)cc1. The lowest BCUT2D eigenvalue weighted by molar-refractivity contribution is -0.132. The lowest BCUT2D eigenvalue weighted by atomic mass is 10.1. The Morgan fingerprint density at radius 3 is 2.25 bits per heavy atom. The fraction of sp³-hybridized carbons (Fsp3) is 0.667. The van der Waals surface area contributed by atoms with Gasteiger partial charge in [0.2, 0.25) is 5.91 Å². The van der Waals surface area contributed by atoms with E-state index in [1.54, 1.807) is 31.4 Å². The smallest absolute Gasteiger partial charge is 0.306 e. The maximum Gasteiger partial charge on any atom is 0.306 e. The molecule has 0 fully saturated rings. The van der Waals surface area contributed by atoms with Crippen LogP contribution in [0.4, 0.5) is 0 Å². The number of carbonyl (C=O) groups is 1. The van der Waals surface area contributed by atoms with Crippen LogP contribution in [-0.2, 0) is 26.2 Å². The van der Waals surface area contributed by atoms with Crippen LogP contribution in [0.3, 0.4) is 0 Å². The Morgan fingerprint density at radius 1 is 1.00 bits per heavy atom.